The van der Waals surface area contributed by atoms with Crippen LogP contribution in [-0.4, -0.2) is 51.1 Å². The van der Waals surface area contributed by atoms with Gasteiger partial charge in [0.2, 0.25) is 15.7 Å². The molecule has 3 aromatic rings. The zero-order valence-corrected chi connectivity index (χ0v) is 26.9. The number of aryl methyl sites for hydroxylation is 1. The van der Waals surface area contributed by atoms with Crippen LogP contribution in [-0.2, 0) is 19.4 Å². The van der Waals surface area contributed by atoms with Crippen molar-refractivity contribution in [3.63, 3.8) is 0 Å². The number of hydrogen-bond donors (Lipinski definition) is 2. The topological polar surface area (TPSA) is 123 Å². The lowest BCUT2D eigenvalue weighted by Crippen LogP contribution is -2.31. The number of thioether (sulfide) groups is 1. The number of benzene rings is 2. The summed E-state index contributed by atoms with van der Waals surface area (Å²) in [5, 5.41) is 5.78. The third-order valence-electron chi connectivity index (χ3n) is 5.27. The van der Waals surface area contributed by atoms with Crippen LogP contribution in [0.4, 0.5) is 15.5 Å². The molecular weight excluding hydrogens is 638 g/mol. The summed E-state index contributed by atoms with van der Waals surface area (Å²) in [6.07, 6.45) is 2.30. The second-order valence-corrected chi connectivity index (χ2v) is 14.0. The zero-order valence-electron chi connectivity index (χ0n) is 22.8. The minimum atomic E-state index is -3.94. The quantitative estimate of drug-likeness (QED) is 0.111. The highest BCUT2D eigenvalue weighted by molar-refractivity contribution is 9.09. The van der Waals surface area contributed by atoms with Crippen LogP contribution < -0.4 is 15.4 Å². The molecule has 0 aliphatic carbocycles. The van der Waals surface area contributed by atoms with Crippen LogP contribution in [0.5, 0.6) is 5.75 Å². The molecule has 0 spiro atoms. The highest BCUT2D eigenvalue weighted by atomic mass is 79.9. The van der Waals surface area contributed by atoms with Crippen LogP contribution in [0.15, 0.2) is 61.5 Å². The van der Waals surface area contributed by atoms with Crippen molar-refractivity contribution in [2.24, 2.45) is 4.99 Å². The Kier molecular flexibility index (Phi) is 10.4. The Morgan fingerprint density at radius 3 is 2.52 bits per heavy atom. The molecule has 214 valence electrons. The van der Waals surface area contributed by atoms with E-state index in [9.17, 15) is 18.0 Å². The van der Waals surface area contributed by atoms with Gasteiger partial charge in [-0.25, -0.2) is 18.2 Å². The fourth-order valence-corrected chi connectivity index (χ4v) is 7.69. The summed E-state index contributed by atoms with van der Waals surface area (Å²) in [4.78, 5) is 28.5. The van der Waals surface area contributed by atoms with E-state index in [-0.39, 0.29) is 21.0 Å². The molecular formula is C27H30BrN3O6S3. The number of alkyl carbamates (subject to hydrolysis) is 1. The van der Waals surface area contributed by atoms with Crippen LogP contribution in [0, 0.1) is 6.92 Å². The first kappa shape index (κ1) is 31.7. The Morgan fingerprint density at radius 1 is 1.18 bits per heavy atom. The van der Waals surface area contributed by atoms with E-state index in [2.05, 4.69) is 31.6 Å². The first-order chi connectivity index (χ1) is 18.8. The Morgan fingerprint density at radius 2 is 1.90 bits per heavy atom. The van der Waals surface area contributed by atoms with E-state index in [1.165, 1.54) is 48.7 Å². The summed E-state index contributed by atoms with van der Waals surface area (Å²) in [6, 6.07) is 11.6. The molecule has 0 aliphatic heterocycles. The molecule has 0 radical (unpaired) electrons. The number of nitrogens with zero attached hydrogens (tertiary/aromatic N) is 1. The molecule has 2 N–H and O–H groups in total. The SMILES string of the molecule is COc1cc(C)c(-c2cccc(S(=O)(=O)c3cc(/N=C/NC(=O)OC(C)(C)C)sc3SC)c2)c(NC(=O)CBr)c1. The number of amides is 2. The molecule has 2 aromatic carbocycles. The van der Waals surface area contributed by atoms with Gasteiger partial charge in [-0.2, -0.15) is 0 Å². The van der Waals surface area contributed by atoms with Crippen LogP contribution in [0.3, 0.4) is 0 Å². The van der Waals surface area contributed by atoms with Crippen molar-refractivity contribution in [1.29, 1.82) is 0 Å². The summed E-state index contributed by atoms with van der Waals surface area (Å²) < 4.78 is 38.7. The van der Waals surface area contributed by atoms with E-state index in [1.807, 2.05) is 13.0 Å². The van der Waals surface area contributed by atoms with E-state index in [0.717, 1.165) is 5.56 Å². The highest BCUT2D eigenvalue weighted by Crippen LogP contribution is 2.42. The summed E-state index contributed by atoms with van der Waals surface area (Å²) in [5.74, 6) is 0.307. The molecule has 1 heterocycles. The number of aliphatic imine (C=N–C) groups is 1. The average Bonchev–Trinajstić information content (AvgIpc) is 3.31. The maximum absolute atomic E-state index is 13.8. The van der Waals surface area contributed by atoms with Crippen molar-refractivity contribution in [1.82, 2.24) is 5.32 Å². The molecule has 9 nitrogen and oxygen atoms in total. The molecule has 3 rings (SSSR count). The molecule has 2 amide bonds. The summed E-state index contributed by atoms with van der Waals surface area (Å²) >= 11 is 5.64. The van der Waals surface area contributed by atoms with Crippen molar-refractivity contribution < 1.29 is 27.5 Å². The smallest absolute Gasteiger partial charge is 0.412 e. The molecule has 0 aliphatic rings. The number of thiophene rings is 1. The number of hydrogen-bond acceptors (Lipinski definition) is 9. The van der Waals surface area contributed by atoms with Gasteiger partial charge in [0.05, 0.1) is 38.5 Å². The fourth-order valence-electron chi connectivity index (χ4n) is 3.68. The van der Waals surface area contributed by atoms with Gasteiger partial charge in [0.15, 0.2) is 0 Å². The molecule has 40 heavy (non-hydrogen) atoms. The molecule has 0 unspecified atom stereocenters. The van der Waals surface area contributed by atoms with Gasteiger partial charge in [-0.1, -0.05) is 28.1 Å². The van der Waals surface area contributed by atoms with Crippen molar-refractivity contribution >= 4 is 77.9 Å². The predicted molar refractivity (Wildman–Crippen MR) is 165 cm³/mol. The first-order valence-electron chi connectivity index (χ1n) is 11.9. The number of halogens is 1. The maximum atomic E-state index is 13.8. The third kappa shape index (κ3) is 7.87. The Labute approximate surface area is 250 Å². The molecule has 0 saturated carbocycles. The number of nitrogens with one attached hydrogen (secondary N) is 2. The lowest BCUT2D eigenvalue weighted by atomic mass is 9.98. The number of carbonyl (C=O) groups excluding carboxylic acids is 2. The number of ether oxygens (including phenoxy) is 2. The minimum Gasteiger partial charge on any atom is -0.497 e. The van der Waals surface area contributed by atoms with Crippen molar-refractivity contribution in [2.45, 2.75) is 47.3 Å². The predicted octanol–water partition coefficient (Wildman–Crippen LogP) is 6.80. The van der Waals surface area contributed by atoms with Gasteiger partial charge >= 0.3 is 6.09 Å². The van der Waals surface area contributed by atoms with Gasteiger partial charge in [0.1, 0.15) is 16.4 Å². The number of carbonyl (C=O) groups is 2. The number of methoxy groups -OCH3 is 1. The van der Waals surface area contributed by atoms with Crippen LogP contribution >= 0.6 is 39.0 Å². The Hall–Kier alpha value is -2.87. The van der Waals surface area contributed by atoms with Crippen molar-refractivity contribution in [2.75, 3.05) is 24.0 Å². The van der Waals surface area contributed by atoms with Crippen LogP contribution in [0.2, 0.25) is 0 Å². The molecule has 0 saturated heterocycles. The van der Waals surface area contributed by atoms with E-state index >= 15 is 0 Å². The van der Waals surface area contributed by atoms with Crippen molar-refractivity contribution in [3.8, 4) is 16.9 Å². The van der Waals surface area contributed by atoms with Gasteiger partial charge in [-0.05, 0) is 69.3 Å². The van der Waals surface area contributed by atoms with Crippen molar-refractivity contribution in [3.05, 3.63) is 48.0 Å². The molecule has 0 bridgehead atoms. The molecule has 13 heteroatoms. The van der Waals surface area contributed by atoms with E-state index in [1.54, 1.807) is 51.3 Å². The second-order valence-electron chi connectivity index (χ2n) is 9.42. The number of alkyl halides is 1. The second kappa shape index (κ2) is 13.2. The Bertz CT molecular complexity index is 1550. The number of rotatable bonds is 9. The van der Waals surface area contributed by atoms with Crippen LogP contribution in [0.1, 0.15) is 26.3 Å². The van der Waals surface area contributed by atoms with E-state index in [0.29, 0.717) is 31.8 Å². The Balaban J connectivity index is 1.99. The monoisotopic (exact) mass is 667 g/mol. The highest BCUT2D eigenvalue weighted by Gasteiger charge is 2.25. The average molecular weight is 669 g/mol. The molecule has 1 aromatic heterocycles. The van der Waals surface area contributed by atoms with Gasteiger partial charge < -0.3 is 14.8 Å². The fraction of sp³-hybridized carbons (Fsp3) is 0.296. The summed E-state index contributed by atoms with van der Waals surface area (Å²) in [7, 11) is -2.40. The number of sulfone groups is 1. The maximum Gasteiger partial charge on any atom is 0.412 e. The van der Waals surface area contributed by atoms with Gasteiger partial charge in [-0.15, -0.1) is 23.1 Å². The van der Waals surface area contributed by atoms with Gasteiger partial charge in [0, 0.05) is 11.6 Å². The van der Waals surface area contributed by atoms with Crippen LogP contribution in [0.25, 0.3) is 11.1 Å². The van der Waals surface area contributed by atoms with E-state index < -0.39 is 21.5 Å². The summed E-state index contributed by atoms with van der Waals surface area (Å²) in [6.45, 7) is 7.10. The lowest BCUT2D eigenvalue weighted by Gasteiger charge is -2.18. The van der Waals surface area contributed by atoms with Gasteiger partial charge in [-0.3, -0.25) is 10.1 Å². The molecule has 0 fully saturated rings. The summed E-state index contributed by atoms with van der Waals surface area (Å²) in [5.41, 5.74) is 1.94. The third-order valence-corrected chi connectivity index (χ3v) is 10.00. The van der Waals surface area contributed by atoms with E-state index in [4.69, 9.17) is 9.47 Å². The largest absolute Gasteiger partial charge is 0.497 e. The zero-order chi connectivity index (χ0) is 29.7. The molecule has 0 atom stereocenters. The normalized spacial score (nSPS) is 11.9. The lowest BCUT2D eigenvalue weighted by molar-refractivity contribution is -0.113. The number of anilines is 1. The first-order valence-corrected chi connectivity index (χ1v) is 16.5. The minimum absolute atomic E-state index is 0.0912. The van der Waals surface area contributed by atoms with Gasteiger partial charge in [0.25, 0.3) is 0 Å². The standard InChI is InChI=1S/C27H30BrN3O6S3/c1-16-10-18(36-5)12-20(31-22(32)14-28)24(16)17-8-7-9-19(11-17)40(34,35)21-13-23(39-25(21)38-6)29-15-30-26(33)37-27(2,3)4/h7-13,15H,14H2,1-6H3,(H,31,32)(H,29,30,33).